The summed E-state index contributed by atoms with van der Waals surface area (Å²) in [5.41, 5.74) is 2.62. The van der Waals surface area contributed by atoms with E-state index >= 15 is 0 Å². The molecule has 0 fully saturated rings. The topological polar surface area (TPSA) is 76.8 Å². The van der Waals surface area contributed by atoms with Crippen LogP contribution >= 0.6 is 15.9 Å². The van der Waals surface area contributed by atoms with Gasteiger partial charge in [0.15, 0.2) is 5.76 Å². The van der Waals surface area contributed by atoms with E-state index in [9.17, 15) is 13.2 Å². The lowest BCUT2D eigenvalue weighted by Crippen LogP contribution is -2.17. The van der Waals surface area contributed by atoms with Crippen molar-refractivity contribution in [3.8, 4) is 17.3 Å². The molecule has 144 valence electrons. The third-order valence-electron chi connectivity index (χ3n) is 4.07. The molecule has 0 saturated heterocycles. The third kappa shape index (κ3) is 4.16. The van der Waals surface area contributed by atoms with Crippen molar-refractivity contribution >= 4 is 26.9 Å². The lowest BCUT2D eigenvalue weighted by Gasteiger charge is -2.11. The van der Waals surface area contributed by atoms with Gasteiger partial charge in [0, 0.05) is 5.39 Å². The van der Waals surface area contributed by atoms with Gasteiger partial charge in [-0.1, -0.05) is 18.2 Å². The number of hydrogen-bond acceptors (Lipinski definition) is 5. The van der Waals surface area contributed by atoms with Crippen molar-refractivity contribution in [2.24, 2.45) is 0 Å². The van der Waals surface area contributed by atoms with Crippen LogP contribution in [0.5, 0.6) is 5.75 Å². The van der Waals surface area contributed by atoms with E-state index in [2.05, 4.69) is 41.3 Å². The molecule has 0 saturated carbocycles. The highest BCUT2D eigenvalue weighted by Crippen LogP contribution is 2.31. The number of aryl methyl sites for hydroxylation is 2. The Bertz CT molecular complexity index is 1110. The van der Waals surface area contributed by atoms with E-state index in [1.807, 2.05) is 24.3 Å². The summed E-state index contributed by atoms with van der Waals surface area (Å²) >= 11 is 3.12. The maximum Gasteiger partial charge on any atom is 0.573 e. The molecule has 0 atom stereocenters. The second-order valence-electron chi connectivity index (χ2n) is 6.03. The summed E-state index contributed by atoms with van der Waals surface area (Å²) in [4.78, 5) is 0. The minimum atomic E-state index is -4.72. The Balaban J connectivity index is 1.47. The summed E-state index contributed by atoms with van der Waals surface area (Å²) in [5, 5.41) is 14.6. The van der Waals surface area contributed by atoms with Gasteiger partial charge < -0.3 is 9.15 Å². The molecule has 2 aromatic heterocycles. The number of hydrogen-bond donors (Lipinski definition) is 1. The molecular weight excluding hydrogens is 441 g/mol. The molecule has 28 heavy (non-hydrogen) atoms. The quantitative estimate of drug-likeness (QED) is 0.457. The smallest absolute Gasteiger partial charge is 0.453 e. The number of aromatic nitrogens is 4. The average Bonchev–Trinajstić information content (AvgIpc) is 3.29. The number of nitrogens with zero attached hydrogens (tertiary/aromatic N) is 3. The summed E-state index contributed by atoms with van der Waals surface area (Å²) in [7, 11) is 0. The van der Waals surface area contributed by atoms with Crippen LogP contribution in [-0.2, 0) is 12.8 Å². The first-order valence-electron chi connectivity index (χ1n) is 8.18. The van der Waals surface area contributed by atoms with Crippen molar-refractivity contribution in [3.05, 3.63) is 58.1 Å². The Morgan fingerprint density at radius 3 is 2.46 bits per heavy atom. The van der Waals surface area contributed by atoms with E-state index in [0.717, 1.165) is 16.5 Å². The van der Waals surface area contributed by atoms with Gasteiger partial charge >= 0.3 is 6.36 Å². The zero-order valence-electron chi connectivity index (χ0n) is 14.1. The van der Waals surface area contributed by atoms with Crippen LogP contribution in [0.2, 0.25) is 0 Å². The molecule has 0 bridgehead atoms. The maximum absolute atomic E-state index is 12.3. The van der Waals surface area contributed by atoms with E-state index in [1.54, 1.807) is 12.1 Å². The van der Waals surface area contributed by atoms with Crippen LogP contribution in [0.1, 0.15) is 11.1 Å². The number of H-pyrrole nitrogens is 1. The molecule has 0 spiro atoms. The van der Waals surface area contributed by atoms with Gasteiger partial charge in [0.1, 0.15) is 11.3 Å². The number of halogens is 4. The van der Waals surface area contributed by atoms with Crippen LogP contribution in [0, 0.1) is 0 Å². The number of tetrazole rings is 1. The van der Waals surface area contributed by atoms with Crippen LogP contribution in [0.4, 0.5) is 13.2 Å². The molecule has 0 aliphatic heterocycles. The normalized spacial score (nSPS) is 11.9. The summed E-state index contributed by atoms with van der Waals surface area (Å²) < 4.78 is 47.0. The second-order valence-corrected chi connectivity index (χ2v) is 6.89. The standard InChI is InChI=1S/C18H12BrF3N4O2/c19-13-7-10(4-6-14(13)28-18(20,21)22)1-2-11-3-5-12-9-16(27-15(12)8-11)17-23-25-26-24-17/h3-9H,1-2H2,(H,23,24,25,26). The SMILES string of the molecule is FC(F)(F)Oc1ccc(CCc2ccc3cc(-c4nn[nH]n4)oc3c2)cc1Br. The van der Waals surface area contributed by atoms with E-state index in [4.69, 9.17) is 4.42 Å². The highest BCUT2D eigenvalue weighted by Gasteiger charge is 2.31. The minimum absolute atomic E-state index is 0.258. The fourth-order valence-corrected chi connectivity index (χ4v) is 3.31. The van der Waals surface area contributed by atoms with Crippen molar-refractivity contribution in [1.82, 2.24) is 20.6 Å². The highest BCUT2D eigenvalue weighted by molar-refractivity contribution is 9.10. The summed E-state index contributed by atoms with van der Waals surface area (Å²) in [6, 6.07) is 12.2. The van der Waals surface area contributed by atoms with Crippen LogP contribution in [-0.4, -0.2) is 27.0 Å². The number of rotatable bonds is 5. The summed E-state index contributed by atoms with van der Waals surface area (Å²) in [5.74, 6) is 0.635. The molecule has 2 aromatic carbocycles. The number of furan rings is 1. The van der Waals surface area contributed by atoms with Crippen molar-refractivity contribution in [2.45, 2.75) is 19.2 Å². The molecule has 10 heteroatoms. The second kappa shape index (κ2) is 7.27. The Morgan fingerprint density at radius 1 is 1.04 bits per heavy atom. The van der Waals surface area contributed by atoms with Gasteiger partial charge in [0.25, 0.3) is 0 Å². The molecule has 6 nitrogen and oxygen atoms in total. The van der Waals surface area contributed by atoms with Crippen molar-refractivity contribution in [3.63, 3.8) is 0 Å². The lowest BCUT2D eigenvalue weighted by atomic mass is 10.0. The molecule has 0 unspecified atom stereocenters. The summed E-state index contributed by atoms with van der Waals surface area (Å²) in [6.07, 6.45) is -3.38. The van der Waals surface area contributed by atoms with Gasteiger partial charge in [-0.2, -0.15) is 5.21 Å². The molecular formula is C18H12BrF3N4O2. The van der Waals surface area contributed by atoms with Gasteiger partial charge in [-0.15, -0.1) is 23.4 Å². The fourth-order valence-electron chi connectivity index (χ4n) is 2.80. The zero-order valence-corrected chi connectivity index (χ0v) is 15.7. The van der Waals surface area contributed by atoms with Crippen LogP contribution < -0.4 is 4.74 Å². The fraction of sp³-hybridized carbons (Fsp3) is 0.167. The number of fused-ring (bicyclic) bond motifs is 1. The van der Waals surface area contributed by atoms with E-state index < -0.39 is 6.36 Å². The molecule has 2 heterocycles. The van der Waals surface area contributed by atoms with Gasteiger partial charge in [0.05, 0.1) is 4.47 Å². The largest absolute Gasteiger partial charge is 0.573 e. The average molecular weight is 453 g/mol. The van der Waals surface area contributed by atoms with Crippen molar-refractivity contribution < 1.29 is 22.3 Å². The molecule has 4 rings (SSSR count). The first-order chi connectivity index (χ1) is 13.4. The zero-order chi connectivity index (χ0) is 19.7. The van der Waals surface area contributed by atoms with E-state index in [-0.39, 0.29) is 10.2 Å². The van der Waals surface area contributed by atoms with Gasteiger partial charge in [-0.3, -0.25) is 0 Å². The molecule has 0 amide bonds. The van der Waals surface area contributed by atoms with E-state index in [1.165, 1.54) is 6.07 Å². The van der Waals surface area contributed by atoms with Crippen LogP contribution in [0.25, 0.3) is 22.6 Å². The number of alkyl halides is 3. The van der Waals surface area contributed by atoms with Crippen LogP contribution in [0.15, 0.2) is 51.4 Å². The molecule has 4 aromatic rings. The number of aromatic amines is 1. The van der Waals surface area contributed by atoms with Gasteiger partial charge in [-0.25, -0.2) is 0 Å². The van der Waals surface area contributed by atoms with Gasteiger partial charge in [0.2, 0.25) is 5.82 Å². The predicted octanol–water partition coefficient (Wildman–Crippen LogP) is 5.06. The summed E-state index contributed by atoms with van der Waals surface area (Å²) in [6.45, 7) is 0. The monoisotopic (exact) mass is 452 g/mol. The molecule has 1 N–H and O–H groups in total. The number of benzene rings is 2. The van der Waals surface area contributed by atoms with Crippen molar-refractivity contribution in [1.29, 1.82) is 0 Å². The van der Waals surface area contributed by atoms with Crippen molar-refractivity contribution in [2.75, 3.05) is 0 Å². The van der Waals surface area contributed by atoms with Gasteiger partial charge in [-0.05, 0) is 69.4 Å². The highest BCUT2D eigenvalue weighted by atomic mass is 79.9. The molecule has 0 radical (unpaired) electrons. The molecule has 0 aliphatic rings. The first-order valence-corrected chi connectivity index (χ1v) is 8.97. The van der Waals surface area contributed by atoms with Crippen LogP contribution in [0.3, 0.4) is 0 Å². The number of ether oxygens (including phenoxy) is 1. The number of nitrogens with one attached hydrogen (secondary N) is 1. The Hall–Kier alpha value is -2.88. The Labute approximate surface area is 164 Å². The maximum atomic E-state index is 12.3. The Morgan fingerprint density at radius 2 is 1.79 bits per heavy atom. The lowest BCUT2D eigenvalue weighted by molar-refractivity contribution is -0.274. The Kier molecular flexibility index (Phi) is 4.80. The minimum Gasteiger partial charge on any atom is -0.453 e. The third-order valence-corrected chi connectivity index (χ3v) is 4.69. The predicted molar refractivity (Wildman–Crippen MR) is 97.6 cm³/mol. The van der Waals surface area contributed by atoms with E-state index in [0.29, 0.717) is 30.0 Å². The molecule has 0 aliphatic carbocycles. The first kappa shape index (κ1) is 18.5.